The Labute approximate surface area is 150 Å². The van der Waals surface area contributed by atoms with Crippen LogP contribution in [0.15, 0.2) is 42.7 Å². The van der Waals surface area contributed by atoms with Gasteiger partial charge in [0, 0.05) is 37.9 Å². The second-order valence-electron chi connectivity index (χ2n) is 7.18. The van der Waals surface area contributed by atoms with Crippen LogP contribution < -0.4 is 0 Å². The molecule has 1 aliphatic heterocycles. The van der Waals surface area contributed by atoms with E-state index >= 15 is 0 Å². The maximum absolute atomic E-state index is 12.9. The molecule has 0 bridgehead atoms. The van der Waals surface area contributed by atoms with Gasteiger partial charge in [-0.05, 0) is 57.5 Å². The first-order valence-corrected chi connectivity index (χ1v) is 9.13. The Morgan fingerprint density at radius 2 is 1.96 bits per heavy atom. The van der Waals surface area contributed by atoms with Gasteiger partial charge in [0.1, 0.15) is 0 Å². The molecule has 0 unspecified atom stereocenters. The van der Waals surface area contributed by atoms with E-state index in [0.717, 1.165) is 37.2 Å². The molecule has 1 amide bonds. The number of hydrogen-bond donors (Lipinski definition) is 0. The zero-order valence-corrected chi connectivity index (χ0v) is 15.4. The average Bonchev–Trinajstić information content (AvgIpc) is 3.16. The SMILES string of the molecule is CC(C)N1CCC(C(=O)N(C)Cc2ccccc2-n2cccn2)CC1. The molecular formula is C20H28N4O. The van der Waals surface area contributed by atoms with Crippen molar-refractivity contribution in [2.24, 2.45) is 5.92 Å². The van der Waals surface area contributed by atoms with Gasteiger partial charge in [-0.3, -0.25) is 4.79 Å². The molecule has 0 radical (unpaired) electrons. The lowest BCUT2D eigenvalue weighted by Gasteiger charge is -2.35. The molecular weight excluding hydrogens is 312 g/mol. The summed E-state index contributed by atoms with van der Waals surface area (Å²) in [5.74, 6) is 0.413. The predicted octanol–water partition coefficient (Wildman–Crippen LogP) is 2.95. The van der Waals surface area contributed by atoms with Crippen molar-refractivity contribution in [3.63, 3.8) is 0 Å². The zero-order valence-electron chi connectivity index (χ0n) is 15.4. The molecule has 0 spiro atoms. The van der Waals surface area contributed by atoms with Crippen molar-refractivity contribution in [2.75, 3.05) is 20.1 Å². The number of amides is 1. The lowest BCUT2D eigenvalue weighted by atomic mass is 9.94. The Morgan fingerprint density at radius 1 is 1.24 bits per heavy atom. The van der Waals surface area contributed by atoms with Crippen LogP contribution in [0, 0.1) is 5.92 Å². The summed E-state index contributed by atoms with van der Waals surface area (Å²) < 4.78 is 1.86. The Bertz CT molecular complexity index is 687. The second-order valence-corrected chi connectivity index (χ2v) is 7.18. The number of para-hydroxylation sites is 1. The summed E-state index contributed by atoms with van der Waals surface area (Å²) in [7, 11) is 1.91. The van der Waals surface area contributed by atoms with E-state index in [2.05, 4.69) is 29.9 Å². The number of likely N-dealkylation sites (tertiary alicyclic amines) is 1. The third-order valence-corrected chi connectivity index (χ3v) is 5.14. The van der Waals surface area contributed by atoms with Crippen molar-refractivity contribution < 1.29 is 4.79 Å². The van der Waals surface area contributed by atoms with Crippen molar-refractivity contribution in [1.82, 2.24) is 19.6 Å². The highest BCUT2D eigenvalue weighted by Crippen LogP contribution is 2.22. The molecule has 1 saturated heterocycles. The quantitative estimate of drug-likeness (QED) is 0.840. The van der Waals surface area contributed by atoms with Crippen LogP contribution in [0.3, 0.4) is 0 Å². The van der Waals surface area contributed by atoms with Gasteiger partial charge >= 0.3 is 0 Å². The minimum absolute atomic E-state index is 0.150. The number of carbonyl (C=O) groups is 1. The molecule has 1 aromatic heterocycles. The monoisotopic (exact) mass is 340 g/mol. The van der Waals surface area contributed by atoms with Gasteiger partial charge in [-0.25, -0.2) is 4.68 Å². The molecule has 3 rings (SSSR count). The van der Waals surface area contributed by atoms with E-state index in [1.807, 2.05) is 47.1 Å². The maximum atomic E-state index is 12.9. The van der Waals surface area contributed by atoms with Crippen molar-refractivity contribution in [1.29, 1.82) is 0 Å². The molecule has 0 saturated carbocycles. The van der Waals surface area contributed by atoms with E-state index < -0.39 is 0 Å². The number of aromatic nitrogens is 2. The predicted molar refractivity (Wildman–Crippen MR) is 99.5 cm³/mol. The Morgan fingerprint density at radius 3 is 2.60 bits per heavy atom. The minimum Gasteiger partial charge on any atom is -0.341 e. The first kappa shape index (κ1) is 17.7. The second kappa shape index (κ2) is 7.83. The van der Waals surface area contributed by atoms with Crippen molar-refractivity contribution in [3.8, 4) is 5.69 Å². The highest BCUT2D eigenvalue weighted by molar-refractivity contribution is 5.78. The van der Waals surface area contributed by atoms with Crippen LogP contribution in [0.4, 0.5) is 0 Å². The van der Waals surface area contributed by atoms with Gasteiger partial charge in [0.05, 0.1) is 5.69 Å². The molecule has 1 fully saturated rings. The van der Waals surface area contributed by atoms with E-state index in [1.54, 1.807) is 6.20 Å². The van der Waals surface area contributed by atoms with Crippen molar-refractivity contribution in [2.45, 2.75) is 39.3 Å². The fourth-order valence-corrected chi connectivity index (χ4v) is 3.59. The molecule has 1 aliphatic rings. The van der Waals surface area contributed by atoms with E-state index in [4.69, 9.17) is 0 Å². The first-order chi connectivity index (χ1) is 12.1. The van der Waals surface area contributed by atoms with E-state index in [0.29, 0.717) is 12.6 Å². The molecule has 0 aliphatic carbocycles. The molecule has 5 nitrogen and oxygen atoms in total. The van der Waals surface area contributed by atoms with Gasteiger partial charge in [-0.2, -0.15) is 5.10 Å². The molecule has 25 heavy (non-hydrogen) atoms. The molecule has 1 aromatic carbocycles. The highest BCUT2D eigenvalue weighted by atomic mass is 16.2. The largest absolute Gasteiger partial charge is 0.341 e. The highest BCUT2D eigenvalue weighted by Gasteiger charge is 2.28. The molecule has 2 heterocycles. The summed E-state index contributed by atoms with van der Waals surface area (Å²) in [5, 5.41) is 4.32. The average molecular weight is 340 g/mol. The summed E-state index contributed by atoms with van der Waals surface area (Å²) in [4.78, 5) is 17.2. The fourth-order valence-electron chi connectivity index (χ4n) is 3.59. The number of piperidine rings is 1. The molecule has 0 N–H and O–H groups in total. The summed E-state index contributed by atoms with van der Waals surface area (Å²) >= 11 is 0. The van der Waals surface area contributed by atoms with Crippen molar-refractivity contribution in [3.05, 3.63) is 48.3 Å². The fraction of sp³-hybridized carbons (Fsp3) is 0.500. The van der Waals surface area contributed by atoms with E-state index in [9.17, 15) is 4.79 Å². The van der Waals surface area contributed by atoms with Gasteiger partial charge in [-0.15, -0.1) is 0 Å². The van der Waals surface area contributed by atoms with Crippen LogP contribution >= 0.6 is 0 Å². The number of benzene rings is 1. The summed E-state index contributed by atoms with van der Waals surface area (Å²) in [6, 6.07) is 10.6. The van der Waals surface area contributed by atoms with E-state index in [-0.39, 0.29) is 11.8 Å². The maximum Gasteiger partial charge on any atom is 0.225 e. The number of nitrogens with zero attached hydrogens (tertiary/aromatic N) is 4. The number of carbonyl (C=O) groups excluding carboxylic acids is 1. The van der Waals surface area contributed by atoms with Crippen LogP contribution in [0.2, 0.25) is 0 Å². The lowest BCUT2D eigenvalue weighted by Crippen LogP contribution is -2.43. The molecule has 134 valence electrons. The normalized spacial score (nSPS) is 16.3. The Balaban J connectivity index is 1.65. The van der Waals surface area contributed by atoms with Gasteiger partial charge in [0.2, 0.25) is 5.91 Å². The number of rotatable bonds is 5. The minimum atomic E-state index is 0.150. The Hall–Kier alpha value is -2.14. The third-order valence-electron chi connectivity index (χ3n) is 5.14. The molecule has 0 atom stereocenters. The van der Waals surface area contributed by atoms with Gasteiger partial charge < -0.3 is 9.80 Å². The Kier molecular flexibility index (Phi) is 5.53. The van der Waals surface area contributed by atoms with E-state index in [1.165, 1.54) is 0 Å². The van der Waals surface area contributed by atoms with Gasteiger partial charge in [0.15, 0.2) is 0 Å². The van der Waals surface area contributed by atoms with Crippen LogP contribution in [0.25, 0.3) is 5.69 Å². The number of hydrogen-bond acceptors (Lipinski definition) is 3. The topological polar surface area (TPSA) is 41.4 Å². The summed E-state index contributed by atoms with van der Waals surface area (Å²) in [5.41, 5.74) is 2.14. The standard InChI is InChI=1S/C20H28N4O/c1-16(2)23-13-9-17(10-14-23)20(25)22(3)15-18-7-4-5-8-19(18)24-12-6-11-21-24/h4-8,11-12,16-17H,9-10,13-15H2,1-3H3. The summed E-state index contributed by atoms with van der Waals surface area (Å²) in [6.45, 7) is 7.10. The summed E-state index contributed by atoms with van der Waals surface area (Å²) in [6.07, 6.45) is 5.63. The van der Waals surface area contributed by atoms with Crippen molar-refractivity contribution >= 4 is 5.91 Å². The zero-order chi connectivity index (χ0) is 17.8. The smallest absolute Gasteiger partial charge is 0.225 e. The third kappa shape index (κ3) is 4.10. The van der Waals surface area contributed by atoms with Crippen LogP contribution in [-0.4, -0.2) is 51.7 Å². The lowest BCUT2D eigenvalue weighted by molar-refractivity contribution is -0.136. The van der Waals surface area contributed by atoms with Crippen LogP contribution in [-0.2, 0) is 11.3 Å². The van der Waals surface area contributed by atoms with Gasteiger partial charge in [0.25, 0.3) is 0 Å². The first-order valence-electron chi connectivity index (χ1n) is 9.13. The van der Waals surface area contributed by atoms with Crippen LogP contribution in [0.5, 0.6) is 0 Å². The molecule has 2 aromatic rings. The van der Waals surface area contributed by atoms with Gasteiger partial charge in [-0.1, -0.05) is 18.2 Å². The molecule has 5 heteroatoms. The van der Waals surface area contributed by atoms with Crippen LogP contribution in [0.1, 0.15) is 32.3 Å².